The first kappa shape index (κ1) is 18.5. The molecule has 5 aromatic rings. The molecule has 0 unspecified atom stereocenters. The number of anilines is 1. The van der Waals surface area contributed by atoms with Gasteiger partial charge in [-0.15, -0.1) is 0 Å². The topological polar surface area (TPSA) is 106 Å². The molecule has 5 rings (SSSR count). The minimum absolute atomic E-state index is 0.403. The molecule has 0 saturated heterocycles. The predicted octanol–water partition coefficient (Wildman–Crippen LogP) is 4.31. The molecule has 0 aliphatic rings. The molecule has 0 spiro atoms. The molecule has 148 valence electrons. The molecule has 0 bridgehead atoms. The summed E-state index contributed by atoms with van der Waals surface area (Å²) in [5.74, 6) is 1.07. The van der Waals surface area contributed by atoms with E-state index in [1.54, 1.807) is 24.5 Å². The number of aryl methyl sites for hydroxylation is 1. The standard InChI is InChI=1S/C24H17N7/c1-15-4-7-17(8-5-15)31-23(18-3-2-12-27-22(18)26)30-21-11-10-20(29-24(21)31)19-9-6-16(13-25)14-28-19/h2-12,14H,1H3,(H2,26,27). The van der Waals surface area contributed by atoms with Crippen LogP contribution in [0.4, 0.5) is 5.82 Å². The van der Waals surface area contributed by atoms with E-state index in [2.05, 4.69) is 16.0 Å². The zero-order valence-electron chi connectivity index (χ0n) is 16.7. The van der Waals surface area contributed by atoms with Gasteiger partial charge in [0.15, 0.2) is 11.5 Å². The number of hydrogen-bond donors (Lipinski definition) is 1. The van der Waals surface area contributed by atoms with E-state index in [1.165, 1.54) is 0 Å². The van der Waals surface area contributed by atoms with Crippen LogP contribution in [0.25, 0.3) is 39.6 Å². The van der Waals surface area contributed by atoms with Crippen molar-refractivity contribution in [2.45, 2.75) is 6.92 Å². The number of nitriles is 1. The van der Waals surface area contributed by atoms with Gasteiger partial charge in [-0.3, -0.25) is 9.55 Å². The fourth-order valence-electron chi connectivity index (χ4n) is 3.44. The number of pyridine rings is 3. The molecular formula is C24H17N7. The largest absolute Gasteiger partial charge is 0.383 e. The highest BCUT2D eigenvalue weighted by atomic mass is 15.1. The molecule has 0 radical (unpaired) electrons. The van der Waals surface area contributed by atoms with E-state index >= 15 is 0 Å². The molecule has 0 amide bonds. The van der Waals surface area contributed by atoms with Crippen molar-refractivity contribution in [1.82, 2.24) is 24.5 Å². The molecule has 0 fully saturated rings. The SMILES string of the molecule is Cc1ccc(-n2c(-c3cccnc3N)nc3ccc(-c4ccc(C#N)cn4)nc32)cc1. The number of nitrogens with zero attached hydrogens (tertiary/aromatic N) is 6. The lowest BCUT2D eigenvalue weighted by molar-refractivity contribution is 1.07. The van der Waals surface area contributed by atoms with Crippen molar-refractivity contribution in [2.24, 2.45) is 0 Å². The van der Waals surface area contributed by atoms with Gasteiger partial charge in [-0.2, -0.15) is 5.26 Å². The second-order valence-electron chi connectivity index (χ2n) is 7.13. The second kappa shape index (κ2) is 7.35. The Bertz CT molecular complexity index is 1440. The van der Waals surface area contributed by atoms with E-state index in [9.17, 15) is 0 Å². The summed E-state index contributed by atoms with van der Waals surface area (Å²) in [5.41, 5.74) is 12.3. The molecule has 1 aromatic carbocycles. The Kier molecular flexibility index (Phi) is 4.38. The Morgan fingerprint density at radius 1 is 0.903 bits per heavy atom. The van der Waals surface area contributed by atoms with Gasteiger partial charge in [-0.25, -0.2) is 15.0 Å². The maximum Gasteiger partial charge on any atom is 0.165 e. The summed E-state index contributed by atoms with van der Waals surface area (Å²) >= 11 is 0. The Hall–Kier alpha value is -4.57. The average Bonchev–Trinajstić information content (AvgIpc) is 3.18. The first-order valence-corrected chi connectivity index (χ1v) is 9.68. The lowest BCUT2D eigenvalue weighted by Crippen LogP contribution is -2.02. The van der Waals surface area contributed by atoms with Crippen molar-refractivity contribution < 1.29 is 0 Å². The third-order valence-electron chi connectivity index (χ3n) is 5.03. The summed E-state index contributed by atoms with van der Waals surface area (Å²) in [6, 6.07) is 21.3. The molecule has 2 N–H and O–H groups in total. The second-order valence-corrected chi connectivity index (χ2v) is 7.13. The molecule has 0 aliphatic carbocycles. The van der Waals surface area contributed by atoms with Crippen LogP contribution in [0, 0.1) is 18.3 Å². The van der Waals surface area contributed by atoms with Crippen LogP contribution < -0.4 is 5.73 Å². The summed E-state index contributed by atoms with van der Waals surface area (Å²) < 4.78 is 1.98. The highest BCUT2D eigenvalue weighted by Gasteiger charge is 2.18. The minimum Gasteiger partial charge on any atom is -0.383 e. The molecular weight excluding hydrogens is 386 g/mol. The summed E-state index contributed by atoms with van der Waals surface area (Å²) in [5, 5.41) is 9.02. The maximum absolute atomic E-state index is 9.02. The Labute approximate surface area is 178 Å². The van der Waals surface area contributed by atoms with Crippen molar-refractivity contribution in [3.05, 3.63) is 84.2 Å². The van der Waals surface area contributed by atoms with Gasteiger partial charge in [0.05, 0.1) is 22.5 Å². The van der Waals surface area contributed by atoms with Crippen LogP contribution in [-0.2, 0) is 0 Å². The first-order valence-electron chi connectivity index (χ1n) is 9.68. The van der Waals surface area contributed by atoms with E-state index in [-0.39, 0.29) is 0 Å². The quantitative estimate of drug-likeness (QED) is 0.481. The van der Waals surface area contributed by atoms with E-state index < -0.39 is 0 Å². The van der Waals surface area contributed by atoms with E-state index in [0.29, 0.717) is 34.2 Å². The zero-order chi connectivity index (χ0) is 21.4. The van der Waals surface area contributed by atoms with Gasteiger partial charge in [0.1, 0.15) is 17.4 Å². The van der Waals surface area contributed by atoms with Crippen molar-refractivity contribution in [3.8, 4) is 34.5 Å². The highest BCUT2D eigenvalue weighted by molar-refractivity contribution is 5.84. The Morgan fingerprint density at radius 3 is 2.42 bits per heavy atom. The lowest BCUT2D eigenvalue weighted by atomic mass is 10.2. The van der Waals surface area contributed by atoms with E-state index in [0.717, 1.165) is 22.3 Å². The number of nitrogen functional groups attached to an aromatic ring is 1. The van der Waals surface area contributed by atoms with Crippen molar-refractivity contribution in [2.75, 3.05) is 5.73 Å². The van der Waals surface area contributed by atoms with Gasteiger partial charge in [0.25, 0.3) is 0 Å². The van der Waals surface area contributed by atoms with Crippen LogP contribution >= 0.6 is 0 Å². The van der Waals surface area contributed by atoms with Gasteiger partial charge >= 0.3 is 0 Å². The predicted molar refractivity (Wildman–Crippen MR) is 119 cm³/mol. The number of imidazole rings is 1. The summed E-state index contributed by atoms with van der Waals surface area (Å²) in [6.45, 7) is 2.04. The van der Waals surface area contributed by atoms with Crippen LogP contribution in [0.1, 0.15) is 11.1 Å². The summed E-state index contributed by atoms with van der Waals surface area (Å²) in [7, 11) is 0. The van der Waals surface area contributed by atoms with Crippen LogP contribution in [0.2, 0.25) is 0 Å². The lowest BCUT2D eigenvalue weighted by Gasteiger charge is -2.11. The monoisotopic (exact) mass is 403 g/mol. The van der Waals surface area contributed by atoms with Crippen LogP contribution in [0.5, 0.6) is 0 Å². The Morgan fingerprint density at radius 2 is 1.71 bits per heavy atom. The van der Waals surface area contributed by atoms with E-state index in [4.69, 9.17) is 21.0 Å². The van der Waals surface area contributed by atoms with Gasteiger partial charge in [-0.05, 0) is 55.5 Å². The molecule has 4 aromatic heterocycles. The number of aromatic nitrogens is 5. The number of nitrogens with two attached hydrogens (primary N) is 1. The van der Waals surface area contributed by atoms with Crippen LogP contribution in [-0.4, -0.2) is 24.5 Å². The van der Waals surface area contributed by atoms with E-state index in [1.807, 2.05) is 60.0 Å². The minimum atomic E-state index is 0.403. The molecule has 0 atom stereocenters. The maximum atomic E-state index is 9.02. The third kappa shape index (κ3) is 3.26. The fraction of sp³-hybridized carbons (Fsp3) is 0.0417. The average molecular weight is 403 g/mol. The molecule has 7 heteroatoms. The zero-order valence-corrected chi connectivity index (χ0v) is 16.7. The first-order chi connectivity index (χ1) is 15.1. The van der Waals surface area contributed by atoms with Gasteiger partial charge in [0.2, 0.25) is 0 Å². The van der Waals surface area contributed by atoms with Crippen LogP contribution in [0.15, 0.2) is 73.1 Å². The number of hydrogen-bond acceptors (Lipinski definition) is 6. The Balaban J connectivity index is 1.77. The van der Waals surface area contributed by atoms with Crippen molar-refractivity contribution in [3.63, 3.8) is 0 Å². The number of rotatable bonds is 3. The fourth-order valence-corrected chi connectivity index (χ4v) is 3.44. The van der Waals surface area contributed by atoms with Crippen molar-refractivity contribution >= 4 is 17.0 Å². The molecule has 0 saturated carbocycles. The summed E-state index contributed by atoms with van der Waals surface area (Å²) in [6.07, 6.45) is 3.20. The molecule has 31 heavy (non-hydrogen) atoms. The van der Waals surface area contributed by atoms with Gasteiger partial charge in [0, 0.05) is 18.1 Å². The smallest absolute Gasteiger partial charge is 0.165 e. The highest BCUT2D eigenvalue weighted by Crippen LogP contribution is 2.31. The third-order valence-corrected chi connectivity index (χ3v) is 5.03. The molecule has 4 heterocycles. The number of benzene rings is 1. The number of fused-ring (bicyclic) bond motifs is 1. The van der Waals surface area contributed by atoms with Gasteiger partial charge < -0.3 is 5.73 Å². The summed E-state index contributed by atoms with van der Waals surface area (Å²) in [4.78, 5) is 18.3. The normalized spacial score (nSPS) is 10.8. The van der Waals surface area contributed by atoms with Crippen LogP contribution in [0.3, 0.4) is 0 Å². The molecule has 0 aliphatic heterocycles. The van der Waals surface area contributed by atoms with Gasteiger partial charge in [-0.1, -0.05) is 17.7 Å². The molecule has 7 nitrogen and oxygen atoms in total. The van der Waals surface area contributed by atoms with Crippen molar-refractivity contribution in [1.29, 1.82) is 5.26 Å².